The Kier molecular flexibility index (Phi) is 6.21. The number of methoxy groups -OCH3 is 1. The summed E-state index contributed by atoms with van der Waals surface area (Å²) in [5.74, 6) is 2.00. The molecule has 1 saturated heterocycles. The molecule has 1 aliphatic rings. The van der Waals surface area contributed by atoms with Crippen LogP contribution in [0.4, 0.5) is 11.6 Å². The van der Waals surface area contributed by atoms with Gasteiger partial charge in [0.2, 0.25) is 0 Å². The van der Waals surface area contributed by atoms with E-state index < -0.39 is 0 Å². The Hall–Kier alpha value is -2.87. The number of ether oxygens (including phenoxy) is 2. The van der Waals surface area contributed by atoms with Crippen molar-refractivity contribution < 1.29 is 14.3 Å². The molecule has 1 aromatic carbocycles. The molecule has 2 N–H and O–H groups in total. The topological polar surface area (TPSA) is 88.6 Å². The molecule has 0 atom stereocenters. The highest BCUT2D eigenvalue weighted by Crippen LogP contribution is 2.17. The van der Waals surface area contributed by atoms with Gasteiger partial charge >= 0.3 is 0 Å². The van der Waals surface area contributed by atoms with Crippen LogP contribution in [0, 0.1) is 0 Å². The second kappa shape index (κ2) is 9.00. The number of hydrogen-bond donors (Lipinski definition) is 2. The number of nitrogens with one attached hydrogen (secondary N) is 2. The molecular formula is C18H23N5O3. The second-order valence-electron chi connectivity index (χ2n) is 5.74. The van der Waals surface area contributed by atoms with Crippen molar-refractivity contribution in [2.75, 3.05) is 56.7 Å². The number of morpholine rings is 1. The van der Waals surface area contributed by atoms with Gasteiger partial charge in [0.1, 0.15) is 23.7 Å². The van der Waals surface area contributed by atoms with E-state index in [1.165, 1.54) is 0 Å². The van der Waals surface area contributed by atoms with Gasteiger partial charge in [-0.15, -0.1) is 0 Å². The van der Waals surface area contributed by atoms with Crippen molar-refractivity contribution in [1.82, 2.24) is 15.3 Å². The zero-order chi connectivity index (χ0) is 18.2. The van der Waals surface area contributed by atoms with Gasteiger partial charge in [-0.1, -0.05) is 12.1 Å². The van der Waals surface area contributed by atoms with Crippen LogP contribution in [0.5, 0.6) is 5.75 Å². The van der Waals surface area contributed by atoms with Crippen LogP contribution < -0.4 is 20.3 Å². The molecule has 3 rings (SSSR count). The SMILES string of the molecule is COc1ccccc1C(=O)NCCNc1cc(N2CCOCC2)ncn1. The number of amides is 1. The summed E-state index contributed by atoms with van der Waals surface area (Å²) in [6, 6.07) is 9.05. The summed E-state index contributed by atoms with van der Waals surface area (Å²) in [4.78, 5) is 22.9. The molecule has 1 fully saturated rings. The first-order valence-electron chi connectivity index (χ1n) is 8.58. The summed E-state index contributed by atoms with van der Waals surface area (Å²) >= 11 is 0. The van der Waals surface area contributed by atoms with Crippen LogP contribution in [0.2, 0.25) is 0 Å². The highest BCUT2D eigenvalue weighted by Gasteiger charge is 2.13. The van der Waals surface area contributed by atoms with Crippen LogP contribution >= 0.6 is 0 Å². The van der Waals surface area contributed by atoms with E-state index in [-0.39, 0.29) is 5.91 Å². The second-order valence-corrected chi connectivity index (χ2v) is 5.74. The molecule has 1 aliphatic heterocycles. The van der Waals surface area contributed by atoms with Crippen LogP contribution in [-0.2, 0) is 4.74 Å². The standard InChI is InChI=1S/C18H23N5O3/c1-25-15-5-3-2-4-14(15)18(24)20-7-6-19-16-12-17(22-13-21-16)23-8-10-26-11-9-23/h2-5,12-13H,6-11H2,1H3,(H,20,24)(H,19,21,22). The quantitative estimate of drug-likeness (QED) is 0.719. The highest BCUT2D eigenvalue weighted by atomic mass is 16.5. The molecule has 1 aromatic heterocycles. The van der Waals surface area contributed by atoms with Gasteiger partial charge in [-0.3, -0.25) is 4.79 Å². The van der Waals surface area contributed by atoms with E-state index >= 15 is 0 Å². The first kappa shape index (κ1) is 17.9. The molecule has 0 spiro atoms. The fraction of sp³-hybridized carbons (Fsp3) is 0.389. The Morgan fingerprint density at radius 3 is 2.85 bits per heavy atom. The minimum absolute atomic E-state index is 0.166. The van der Waals surface area contributed by atoms with E-state index in [2.05, 4.69) is 25.5 Å². The molecule has 0 aliphatic carbocycles. The van der Waals surface area contributed by atoms with E-state index in [4.69, 9.17) is 9.47 Å². The summed E-state index contributed by atoms with van der Waals surface area (Å²) in [6.07, 6.45) is 1.54. The molecule has 0 saturated carbocycles. The Labute approximate surface area is 152 Å². The van der Waals surface area contributed by atoms with Crippen LogP contribution in [0.15, 0.2) is 36.7 Å². The van der Waals surface area contributed by atoms with E-state index in [0.29, 0.717) is 37.6 Å². The molecule has 138 valence electrons. The largest absolute Gasteiger partial charge is 0.496 e. The normalized spacial score (nSPS) is 14.0. The lowest BCUT2D eigenvalue weighted by Crippen LogP contribution is -2.36. The zero-order valence-electron chi connectivity index (χ0n) is 14.8. The minimum Gasteiger partial charge on any atom is -0.496 e. The number of aromatic nitrogens is 2. The fourth-order valence-corrected chi connectivity index (χ4v) is 2.70. The number of para-hydroxylation sites is 1. The number of carbonyl (C=O) groups is 1. The molecular weight excluding hydrogens is 334 g/mol. The fourth-order valence-electron chi connectivity index (χ4n) is 2.70. The van der Waals surface area contributed by atoms with Crippen molar-refractivity contribution >= 4 is 17.5 Å². The number of nitrogens with zero attached hydrogens (tertiary/aromatic N) is 3. The third-order valence-electron chi connectivity index (χ3n) is 4.06. The Bertz CT molecular complexity index is 734. The Balaban J connectivity index is 1.48. The van der Waals surface area contributed by atoms with Gasteiger partial charge in [0, 0.05) is 32.2 Å². The molecule has 8 heteroatoms. The van der Waals surface area contributed by atoms with E-state index in [1.54, 1.807) is 25.6 Å². The van der Waals surface area contributed by atoms with Crippen LogP contribution in [0.3, 0.4) is 0 Å². The zero-order valence-corrected chi connectivity index (χ0v) is 14.8. The average Bonchev–Trinajstić information content (AvgIpc) is 2.72. The third-order valence-corrected chi connectivity index (χ3v) is 4.06. The van der Waals surface area contributed by atoms with Crippen molar-refractivity contribution in [2.24, 2.45) is 0 Å². The lowest BCUT2D eigenvalue weighted by molar-refractivity contribution is 0.0952. The molecule has 0 radical (unpaired) electrons. The molecule has 1 amide bonds. The summed E-state index contributed by atoms with van der Waals surface area (Å²) in [5, 5.41) is 6.07. The summed E-state index contributed by atoms with van der Waals surface area (Å²) in [7, 11) is 1.55. The maximum Gasteiger partial charge on any atom is 0.255 e. The smallest absolute Gasteiger partial charge is 0.255 e. The molecule has 0 unspecified atom stereocenters. The lowest BCUT2D eigenvalue weighted by atomic mass is 10.2. The van der Waals surface area contributed by atoms with E-state index in [1.807, 2.05) is 18.2 Å². The Morgan fingerprint density at radius 1 is 1.23 bits per heavy atom. The van der Waals surface area contributed by atoms with Crippen molar-refractivity contribution in [3.05, 3.63) is 42.2 Å². The first-order valence-corrected chi connectivity index (χ1v) is 8.58. The van der Waals surface area contributed by atoms with Gasteiger partial charge < -0.3 is 25.0 Å². The molecule has 2 aromatic rings. The number of benzene rings is 1. The summed E-state index contributed by atoms with van der Waals surface area (Å²) in [5.41, 5.74) is 0.520. The lowest BCUT2D eigenvalue weighted by Gasteiger charge is -2.27. The van der Waals surface area contributed by atoms with E-state index in [0.717, 1.165) is 24.7 Å². The summed E-state index contributed by atoms with van der Waals surface area (Å²) in [6.45, 7) is 4.09. The van der Waals surface area contributed by atoms with Crippen LogP contribution in [0.1, 0.15) is 10.4 Å². The molecule has 8 nitrogen and oxygen atoms in total. The predicted molar refractivity (Wildman–Crippen MR) is 98.9 cm³/mol. The van der Waals surface area contributed by atoms with Crippen LogP contribution in [0.25, 0.3) is 0 Å². The average molecular weight is 357 g/mol. The van der Waals surface area contributed by atoms with Gasteiger partial charge in [-0.25, -0.2) is 9.97 Å². The molecule has 0 bridgehead atoms. The monoisotopic (exact) mass is 357 g/mol. The third kappa shape index (κ3) is 4.60. The number of hydrogen-bond acceptors (Lipinski definition) is 7. The minimum atomic E-state index is -0.166. The van der Waals surface area contributed by atoms with Crippen LogP contribution in [-0.4, -0.2) is 62.4 Å². The van der Waals surface area contributed by atoms with Gasteiger partial charge in [-0.05, 0) is 12.1 Å². The van der Waals surface area contributed by atoms with Crippen molar-refractivity contribution in [1.29, 1.82) is 0 Å². The Morgan fingerprint density at radius 2 is 2.04 bits per heavy atom. The first-order chi connectivity index (χ1) is 12.8. The number of carbonyl (C=O) groups excluding carboxylic acids is 1. The van der Waals surface area contributed by atoms with Gasteiger partial charge in [0.25, 0.3) is 5.91 Å². The maximum atomic E-state index is 12.2. The molecule has 2 heterocycles. The predicted octanol–water partition coefficient (Wildman–Crippen LogP) is 1.16. The van der Waals surface area contributed by atoms with Gasteiger partial charge in [0.15, 0.2) is 0 Å². The number of anilines is 2. The van der Waals surface area contributed by atoms with Crippen molar-refractivity contribution in [3.8, 4) is 5.75 Å². The van der Waals surface area contributed by atoms with Gasteiger partial charge in [-0.2, -0.15) is 0 Å². The summed E-state index contributed by atoms with van der Waals surface area (Å²) < 4.78 is 10.6. The van der Waals surface area contributed by atoms with Crippen molar-refractivity contribution in [3.63, 3.8) is 0 Å². The molecule has 26 heavy (non-hydrogen) atoms. The highest BCUT2D eigenvalue weighted by molar-refractivity contribution is 5.96. The maximum absolute atomic E-state index is 12.2. The van der Waals surface area contributed by atoms with Gasteiger partial charge in [0.05, 0.1) is 25.9 Å². The van der Waals surface area contributed by atoms with Crippen molar-refractivity contribution in [2.45, 2.75) is 0 Å². The van der Waals surface area contributed by atoms with E-state index in [9.17, 15) is 4.79 Å². The number of rotatable bonds is 7.